The molecule has 0 saturated carbocycles. The highest BCUT2D eigenvalue weighted by Crippen LogP contribution is 2.16. The fourth-order valence-electron chi connectivity index (χ4n) is 2.57. The molecule has 2 aromatic carbocycles. The van der Waals surface area contributed by atoms with E-state index in [1.165, 1.54) is 31.3 Å². The second-order valence-electron chi connectivity index (χ2n) is 6.42. The summed E-state index contributed by atoms with van der Waals surface area (Å²) in [6.45, 7) is 3.83. The van der Waals surface area contributed by atoms with E-state index in [-0.39, 0.29) is 22.6 Å². The summed E-state index contributed by atoms with van der Waals surface area (Å²) in [6.07, 6.45) is 0.701. The second kappa shape index (κ2) is 9.48. The maximum Gasteiger partial charge on any atom is 0.251 e. The van der Waals surface area contributed by atoms with Crippen LogP contribution in [0.3, 0.4) is 0 Å². The van der Waals surface area contributed by atoms with E-state index in [0.717, 1.165) is 0 Å². The van der Waals surface area contributed by atoms with Crippen LogP contribution in [0.5, 0.6) is 0 Å². The predicted molar refractivity (Wildman–Crippen MR) is 108 cm³/mol. The maximum absolute atomic E-state index is 12.8. The van der Waals surface area contributed by atoms with Crippen molar-refractivity contribution in [2.75, 3.05) is 12.4 Å². The zero-order valence-electron chi connectivity index (χ0n) is 16.1. The number of amides is 2. The number of nitrogens with one attached hydrogen (secondary N) is 3. The molecular weight excluding hydrogens is 378 g/mol. The van der Waals surface area contributed by atoms with Crippen LogP contribution in [0.25, 0.3) is 0 Å². The molecule has 0 saturated heterocycles. The molecule has 0 aliphatic rings. The number of hydrogen-bond donors (Lipinski definition) is 3. The highest BCUT2D eigenvalue weighted by atomic mass is 32.2. The first-order valence-corrected chi connectivity index (χ1v) is 10.5. The molecule has 0 fully saturated rings. The van der Waals surface area contributed by atoms with E-state index in [1.54, 1.807) is 24.3 Å². The van der Waals surface area contributed by atoms with E-state index in [4.69, 9.17) is 0 Å². The summed E-state index contributed by atoms with van der Waals surface area (Å²) < 4.78 is 25.8. The zero-order valence-corrected chi connectivity index (χ0v) is 16.9. The first-order valence-electron chi connectivity index (χ1n) is 8.99. The molecule has 0 aromatic heterocycles. The van der Waals surface area contributed by atoms with Crippen molar-refractivity contribution in [1.29, 1.82) is 0 Å². The molecule has 0 spiro atoms. The first-order chi connectivity index (χ1) is 13.3. The number of rotatable bonds is 8. The summed E-state index contributed by atoms with van der Waals surface area (Å²) in [5, 5.41) is 5.53. The van der Waals surface area contributed by atoms with Gasteiger partial charge in [0.15, 0.2) is 0 Å². The van der Waals surface area contributed by atoms with Crippen molar-refractivity contribution in [3.8, 4) is 0 Å². The van der Waals surface area contributed by atoms with Crippen molar-refractivity contribution < 1.29 is 18.0 Å². The summed E-state index contributed by atoms with van der Waals surface area (Å²) in [5.41, 5.74) is 0.924. The lowest BCUT2D eigenvalue weighted by Crippen LogP contribution is -2.47. The molecule has 0 aliphatic carbocycles. The third-order valence-electron chi connectivity index (χ3n) is 4.52. The van der Waals surface area contributed by atoms with Crippen molar-refractivity contribution >= 4 is 27.5 Å². The van der Waals surface area contributed by atoms with Gasteiger partial charge in [-0.05, 0) is 49.4 Å². The highest BCUT2D eigenvalue weighted by Gasteiger charge is 2.26. The van der Waals surface area contributed by atoms with Gasteiger partial charge in [0.25, 0.3) is 5.91 Å². The number of hydrogen-bond acceptors (Lipinski definition) is 4. The van der Waals surface area contributed by atoms with Crippen LogP contribution in [0.2, 0.25) is 0 Å². The predicted octanol–water partition coefficient (Wildman–Crippen LogP) is 2.38. The normalized spacial score (nSPS) is 13.4. The Morgan fingerprint density at radius 1 is 1.00 bits per heavy atom. The van der Waals surface area contributed by atoms with Crippen LogP contribution >= 0.6 is 0 Å². The van der Waals surface area contributed by atoms with Gasteiger partial charge in [-0.2, -0.15) is 0 Å². The molecule has 0 heterocycles. The van der Waals surface area contributed by atoms with Gasteiger partial charge in [-0.25, -0.2) is 13.1 Å². The summed E-state index contributed by atoms with van der Waals surface area (Å²) in [5.74, 6) is -0.768. The SMILES string of the molecule is CC[C@H](C)[C@H](NC(=O)c1ccccc1)C(=O)Nc1ccc(S(=O)(=O)NC)cc1. The van der Waals surface area contributed by atoms with E-state index in [2.05, 4.69) is 15.4 Å². The largest absolute Gasteiger partial charge is 0.340 e. The van der Waals surface area contributed by atoms with Crippen molar-refractivity contribution in [3.63, 3.8) is 0 Å². The van der Waals surface area contributed by atoms with Crippen molar-refractivity contribution in [1.82, 2.24) is 10.0 Å². The fraction of sp³-hybridized carbons (Fsp3) is 0.300. The van der Waals surface area contributed by atoms with Crippen molar-refractivity contribution in [3.05, 3.63) is 60.2 Å². The Bertz CT molecular complexity index is 912. The van der Waals surface area contributed by atoms with Crippen molar-refractivity contribution in [2.24, 2.45) is 5.92 Å². The summed E-state index contributed by atoms with van der Waals surface area (Å²) in [4.78, 5) is 25.3. The van der Waals surface area contributed by atoms with Crippen molar-refractivity contribution in [2.45, 2.75) is 31.2 Å². The lowest BCUT2D eigenvalue weighted by molar-refractivity contribution is -0.119. The summed E-state index contributed by atoms with van der Waals surface area (Å²) in [7, 11) is -2.21. The third-order valence-corrected chi connectivity index (χ3v) is 5.95. The van der Waals surface area contributed by atoms with Crippen LogP contribution in [0.1, 0.15) is 30.6 Å². The second-order valence-corrected chi connectivity index (χ2v) is 8.31. The molecule has 2 aromatic rings. The van der Waals surface area contributed by atoms with Gasteiger partial charge >= 0.3 is 0 Å². The Hall–Kier alpha value is -2.71. The van der Waals surface area contributed by atoms with Crippen LogP contribution in [0.15, 0.2) is 59.5 Å². The molecule has 2 atom stereocenters. The van der Waals surface area contributed by atoms with Crippen LogP contribution in [0.4, 0.5) is 5.69 Å². The molecule has 0 aliphatic heterocycles. The Morgan fingerprint density at radius 3 is 2.14 bits per heavy atom. The topological polar surface area (TPSA) is 104 Å². The monoisotopic (exact) mass is 403 g/mol. The zero-order chi connectivity index (χ0) is 20.7. The lowest BCUT2D eigenvalue weighted by atomic mass is 9.97. The van der Waals surface area contributed by atoms with Crippen LogP contribution in [0, 0.1) is 5.92 Å². The van der Waals surface area contributed by atoms with Crippen LogP contribution in [-0.4, -0.2) is 33.3 Å². The van der Waals surface area contributed by atoms with Gasteiger partial charge in [-0.3, -0.25) is 9.59 Å². The number of carbonyl (C=O) groups excluding carboxylic acids is 2. The third kappa shape index (κ3) is 5.40. The molecule has 28 heavy (non-hydrogen) atoms. The Kier molecular flexibility index (Phi) is 7.31. The van der Waals surface area contributed by atoms with Gasteiger partial charge in [0.2, 0.25) is 15.9 Å². The Balaban J connectivity index is 2.14. The number of sulfonamides is 1. The summed E-state index contributed by atoms with van der Waals surface area (Å²) in [6, 6.07) is 13.8. The average Bonchev–Trinajstić information content (AvgIpc) is 2.72. The minimum Gasteiger partial charge on any atom is -0.340 e. The van der Waals surface area contributed by atoms with E-state index in [9.17, 15) is 18.0 Å². The maximum atomic E-state index is 12.8. The molecule has 7 nitrogen and oxygen atoms in total. The number of anilines is 1. The van der Waals surface area contributed by atoms with Gasteiger partial charge in [-0.1, -0.05) is 38.5 Å². The molecule has 0 bridgehead atoms. The van der Waals surface area contributed by atoms with Gasteiger partial charge in [0, 0.05) is 11.3 Å². The quantitative estimate of drug-likeness (QED) is 0.629. The minimum absolute atomic E-state index is 0.0865. The summed E-state index contributed by atoms with van der Waals surface area (Å²) >= 11 is 0. The lowest BCUT2D eigenvalue weighted by Gasteiger charge is -2.23. The molecule has 8 heteroatoms. The van der Waals surface area contributed by atoms with E-state index < -0.39 is 16.1 Å². The smallest absolute Gasteiger partial charge is 0.251 e. The first kappa shape index (κ1) is 21.6. The average molecular weight is 404 g/mol. The highest BCUT2D eigenvalue weighted by molar-refractivity contribution is 7.89. The number of carbonyl (C=O) groups is 2. The standard InChI is InChI=1S/C20H25N3O4S/c1-4-14(2)18(23-19(24)15-8-6-5-7-9-15)20(25)22-16-10-12-17(13-11-16)28(26,27)21-3/h5-14,18,21H,4H2,1-3H3,(H,22,25)(H,23,24)/t14-,18-/m0/s1. The molecule has 3 N–H and O–H groups in total. The van der Waals surface area contributed by atoms with Gasteiger partial charge in [0.1, 0.15) is 6.04 Å². The van der Waals surface area contributed by atoms with Gasteiger partial charge in [0.05, 0.1) is 4.90 Å². The molecular formula is C20H25N3O4S. The number of benzene rings is 2. The molecule has 0 radical (unpaired) electrons. The van der Waals surface area contributed by atoms with E-state index >= 15 is 0 Å². The van der Waals surface area contributed by atoms with Crippen LogP contribution in [-0.2, 0) is 14.8 Å². The Labute approximate surface area is 165 Å². The van der Waals surface area contributed by atoms with E-state index in [1.807, 2.05) is 19.9 Å². The molecule has 150 valence electrons. The fourth-order valence-corrected chi connectivity index (χ4v) is 3.30. The van der Waals surface area contributed by atoms with Gasteiger partial charge < -0.3 is 10.6 Å². The minimum atomic E-state index is -3.54. The van der Waals surface area contributed by atoms with E-state index in [0.29, 0.717) is 17.7 Å². The van der Waals surface area contributed by atoms with Crippen LogP contribution < -0.4 is 15.4 Å². The molecule has 2 amide bonds. The van der Waals surface area contributed by atoms with Gasteiger partial charge in [-0.15, -0.1) is 0 Å². The Morgan fingerprint density at radius 2 is 1.61 bits per heavy atom. The molecule has 0 unspecified atom stereocenters. The molecule has 2 rings (SSSR count).